The van der Waals surface area contributed by atoms with E-state index in [4.69, 9.17) is 0 Å². The van der Waals surface area contributed by atoms with Crippen molar-refractivity contribution < 1.29 is 0 Å². The molecule has 2 aromatic rings. The number of nitrogens with zero attached hydrogens (tertiary/aromatic N) is 3. The standard InChI is InChI=1S/C15H15N3/c1-17-12-18(14-10-6-3-7-11-14)15(16-17)13-8-4-2-5-9-13/h2-11H,12H2,1H3. The Kier molecular flexibility index (Phi) is 2.73. The number of rotatable bonds is 2. The summed E-state index contributed by atoms with van der Waals surface area (Å²) in [6, 6.07) is 20.6. The van der Waals surface area contributed by atoms with E-state index in [0.717, 1.165) is 18.1 Å². The summed E-state index contributed by atoms with van der Waals surface area (Å²) >= 11 is 0. The molecule has 1 aliphatic heterocycles. The minimum Gasteiger partial charge on any atom is -0.305 e. The first-order valence-electron chi connectivity index (χ1n) is 6.02. The fourth-order valence-corrected chi connectivity index (χ4v) is 2.13. The Morgan fingerprint density at radius 2 is 1.50 bits per heavy atom. The number of hydrogen-bond acceptors (Lipinski definition) is 3. The summed E-state index contributed by atoms with van der Waals surface area (Å²) in [6.45, 7) is 0.786. The molecule has 2 aromatic carbocycles. The zero-order valence-electron chi connectivity index (χ0n) is 10.3. The van der Waals surface area contributed by atoms with Crippen molar-refractivity contribution in [2.75, 3.05) is 18.6 Å². The summed E-state index contributed by atoms with van der Waals surface area (Å²) in [4.78, 5) is 2.22. The summed E-state index contributed by atoms with van der Waals surface area (Å²) < 4.78 is 0. The van der Waals surface area contributed by atoms with Crippen LogP contribution in [0.4, 0.5) is 5.69 Å². The van der Waals surface area contributed by atoms with Gasteiger partial charge >= 0.3 is 0 Å². The molecule has 0 fully saturated rings. The van der Waals surface area contributed by atoms with Crippen molar-refractivity contribution in [2.24, 2.45) is 5.10 Å². The normalized spacial score (nSPS) is 14.8. The molecule has 0 spiro atoms. The summed E-state index contributed by atoms with van der Waals surface area (Å²) in [5.74, 6) is 1.00. The van der Waals surface area contributed by atoms with Crippen LogP contribution in [0, 0.1) is 0 Å². The quantitative estimate of drug-likeness (QED) is 0.799. The van der Waals surface area contributed by atoms with Crippen molar-refractivity contribution in [3.63, 3.8) is 0 Å². The first-order chi connectivity index (χ1) is 8.84. The van der Waals surface area contributed by atoms with Crippen LogP contribution in [0.15, 0.2) is 65.8 Å². The highest BCUT2D eigenvalue weighted by atomic mass is 15.6. The topological polar surface area (TPSA) is 18.8 Å². The third kappa shape index (κ3) is 1.95. The summed E-state index contributed by atoms with van der Waals surface area (Å²) in [5, 5.41) is 6.55. The first-order valence-corrected chi connectivity index (χ1v) is 6.02. The minimum absolute atomic E-state index is 0.786. The molecule has 0 saturated heterocycles. The maximum Gasteiger partial charge on any atom is 0.161 e. The van der Waals surface area contributed by atoms with Gasteiger partial charge in [-0.1, -0.05) is 48.5 Å². The van der Waals surface area contributed by atoms with Crippen molar-refractivity contribution in [2.45, 2.75) is 0 Å². The van der Waals surface area contributed by atoms with E-state index in [1.165, 1.54) is 5.69 Å². The number of hydrogen-bond donors (Lipinski definition) is 0. The molecule has 0 unspecified atom stereocenters. The molecule has 0 aliphatic carbocycles. The highest BCUT2D eigenvalue weighted by Crippen LogP contribution is 2.21. The Morgan fingerprint density at radius 3 is 2.17 bits per heavy atom. The first kappa shape index (κ1) is 10.8. The van der Waals surface area contributed by atoms with Gasteiger partial charge in [0.05, 0.1) is 0 Å². The lowest BCUT2D eigenvalue weighted by Gasteiger charge is -2.20. The summed E-state index contributed by atoms with van der Waals surface area (Å²) in [7, 11) is 1.99. The number of benzene rings is 2. The van der Waals surface area contributed by atoms with Crippen LogP contribution in [0.3, 0.4) is 0 Å². The van der Waals surface area contributed by atoms with Gasteiger partial charge in [0.1, 0.15) is 6.67 Å². The van der Waals surface area contributed by atoms with Crippen molar-refractivity contribution in [1.82, 2.24) is 5.01 Å². The molecule has 0 atom stereocenters. The molecule has 90 valence electrons. The van der Waals surface area contributed by atoms with Crippen LogP contribution in [0.1, 0.15) is 5.56 Å². The Labute approximate surface area is 107 Å². The fraction of sp³-hybridized carbons (Fsp3) is 0.133. The van der Waals surface area contributed by atoms with Crippen LogP contribution in [-0.2, 0) is 0 Å². The summed E-state index contributed by atoms with van der Waals surface area (Å²) in [5.41, 5.74) is 2.31. The second-order valence-corrected chi connectivity index (χ2v) is 4.35. The molecule has 1 aliphatic rings. The zero-order valence-corrected chi connectivity index (χ0v) is 10.3. The highest BCUT2D eigenvalue weighted by molar-refractivity contribution is 6.10. The van der Waals surface area contributed by atoms with Crippen LogP contribution in [0.2, 0.25) is 0 Å². The summed E-state index contributed by atoms with van der Waals surface area (Å²) in [6.07, 6.45) is 0. The molecule has 3 nitrogen and oxygen atoms in total. The molecule has 0 saturated carbocycles. The van der Waals surface area contributed by atoms with Gasteiger partial charge in [-0.25, -0.2) is 0 Å². The van der Waals surface area contributed by atoms with Crippen LogP contribution < -0.4 is 4.90 Å². The van der Waals surface area contributed by atoms with Gasteiger partial charge in [0.25, 0.3) is 0 Å². The second-order valence-electron chi connectivity index (χ2n) is 4.35. The minimum atomic E-state index is 0.786. The van der Waals surface area contributed by atoms with Crippen LogP contribution in [-0.4, -0.2) is 24.6 Å². The zero-order chi connectivity index (χ0) is 12.4. The molecule has 0 N–H and O–H groups in total. The van der Waals surface area contributed by atoms with Crippen LogP contribution in [0.25, 0.3) is 0 Å². The van der Waals surface area contributed by atoms with Crippen molar-refractivity contribution in [3.05, 3.63) is 66.2 Å². The molecule has 0 bridgehead atoms. The molecule has 0 aromatic heterocycles. The SMILES string of the molecule is CN1CN(c2ccccc2)C(c2ccccc2)=N1. The number of para-hydroxylation sites is 1. The van der Waals surface area contributed by atoms with E-state index >= 15 is 0 Å². The van der Waals surface area contributed by atoms with Crippen LogP contribution in [0.5, 0.6) is 0 Å². The largest absolute Gasteiger partial charge is 0.305 e. The van der Waals surface area contributed by atoms with Gasteiger partial charge in [-0.2, -0.15) is 5.10 Å². The average molecular weight is 237 g/mol. The lowest BCUT2D eigenvalue weighted by molar-refractivity contribution is 0.393. The van der Waals surface area contributed by atoms with E-state index < -0.39 is 0 Å². The Balaban J connectivity index is 1.99. The van der Waals surface area contributed by atoms with E-state index in [2.05, 4.69) is 46.4 Å². The van der Waals surface area contributed by atoms with E-state index in [9.17, 15) is 0 Å². The molecule has 0 amide bonds. The van der Waals surface area contributed by atoms with Gasteiger partial charge in [-0.05, 0) is 12.1 Å². The van der Waals surface area contributed by atoms with E-state index in [1.807, 2.05) is 36.3 Å². The molecule has 3 heteroatoms. The number of amidine groups is 1. The Bertz CT molecular complexity index is 548. The highest BCUT2D eigenvalue weighted by Gasteiger charge is 2.22. The molecule has 0 radical (unpaired) electrons. The van der Waals surface area contributed by atoms with Crippen molar-refractivity contribution in [1.29, 1.82) is 0 Å². The van der Waals surface area contributed by atoms with Gasteiger partial charge in [0, 0.05) is 18.3 Å². The van der Waals surface area contributed by atoms with Crippen molar-refractivity contribution >= 4 is 11.5 Å². The molecule has 3 rings (SSSR count). The van der Waals surface area contributed by atoms with Gasteiger partial charge < -0.3 is 4.90 Å². The monoisotopic (exact) mass is 237 g/mol. The predicted molar refractivity (Wildman–Crippen MR) is 74.5 cm³/mol. The van der Waals surface area contributed by atoms with E-state index in [0.29, 0.717) is 0 Å². The lowest BCUT2D eigenvalue weighted by Crippen LogP contribution is -2.30. The van der Waals surface area contributed by atoms with E-state index in [1.54, 1.807) is 0 Å². The van der Waals surface area contributed by atoms with Gasteiger partial charge in [0.15, 0.2) is 5.84 Å². The lowest BCUT2D eigenvalue weighted by atomic mass is 10.2. The van der Waals surface area contributed by atoms with Crippen LogP contribution >= 0.6 is 0 Å². The molecular weight excluding hydrogens is 222 g/mol. The number of anilines is 1. The van der Waals surface area contributed by atoms with Gasteiger partial charge in [-0.3, -0.25) is 5.01 Å². The third-order valence-corrected chi connectivity index (χ3v) is 2.97. The second kappa shape index (κ2) is 4.53. The number of hydrazone groups is 1. The maximum atomic E-state index is 4.59. The van der Waals surface area contributed by atoms with Gasteiger partial charge in [0.2, 0.25) is 0 Å². The average Bonchev–Trinajstić information content (AvgIpc) is 2.83. The maximum absolute atomic E-state index is 4.59. The van der Waals surface area contributed by atoms with E-state index in [-0.39, 0.29) is 0 Å². The molecule has 18 heavy (non-hydrogen) atoms. The Hall–Kier alpha value is -2.29. The fourth-order valence-electron chi connectivity index (χ4n) is 2.13. The van der Waals surface area contributed by atoms with Gasteiger partial charge in [-0.15, -0.1) is 0 Å². The van der Waals surface area contributed by atoms with Crippen molar-refractivity contribution in [3.8, 4) is 0 Å². The predicted octanol–water partition coefficient (Wildman–Crippen LogP) is 2.76. The third-order valence-electron chi connectivity index (χ3n) is 2.97. The molecule has 1 heterocycles. The molecular formula is C15H15N3. The smallest absolute Gasteiger partial charge is 0.161 e. The Morgan fingerprint density at radius 1 is 0.889 bits per heavy atom.